The van der Waals surface area contributed by atoms with E-state index in [0.29, 0.717) is 0 Å². The highest BCUT2D eigenvalue weighted by atomic mass is 79.9. The fourth-order valence-electron chi connectivity index (χ4n) is 1.20. The van der Waals surface area contributed by atoms with Gasteiger partial charge in [0.05, 0.1) is 6.04 Å². The van der Waals surface area contributed by atoms with Crippen LogP contribution in [-0.4, -0.2) is 15.2 Å². The molecule has 12 heavy (non-hydrogen) atoms. The van der Waals surface area contributed by atoms with E-state index < -0.39 is 3.23 Å². The Kier molecular flexibility index (Phi) is 2.58. The van der Waals surface area contributed by atoms with E-state index in [4.69, 9.17) is 0 Å². The van der Waals surface area contributed by atoms with Crippen molar-refractivity contribution in [1.29, 1.82) is 0 Å². The summed E-state index contributed by atoms with van der Waals surface area (Å²) in [6, 6.07) is 0.0255. The number of hydrogen-bond acceptors (Lipinski definition) is 2. The van der Waals surface area contributed by atoms with Crippen LogP contribution in [0, 0.1) is 5.41 Å². The molecule has 0 saturated carbocycles. The number of nitrogens with one attached hydrogen (secondary N) is 2. The Balaban J connectivity index is 2.89. The monoisotopic (exact) mass is 298 g/mol. The van der Waals surface area contributed by atoms with Gasteiger partial charge < -0.3 is 0 Å². The highest BCUT2D eigenvalue weighted by Gasteiger charge is 2.51. The second kappa shape index (κ2) is 2.96. The molecule has 3 nitrogen and oxygen atoms in total. The molecule has 70 valence electrons. The lowest BCUT2D eigenvalue weighted by Crippen LogP contribution is -2.46. The third-order valence-corrected chi connectivity index (χ3v) is 3.50. The Morgan fingerprint density at radius 3 is 2.08 bits per heavy atom. The van der Waals surface area contributed by atoms with E-state index in [-0.39, 0.29) is 17.4 Å². The molecule has 1 saturated heterocycles. The second-order valence-electron chi connectivity index (χ2n) is 4.02. The molecule has 1 amide bonds. The first-order valence-electron chi connectivity index (χ1n) is 3.70. The van der Waals surface area contributed by atoms with Crippen LogP contribution in [0.5, 0.6) is 0 Å². The molecule has 0 bridgehead atoms. The molecule has 1 fully saturated rings. The van der Waals surface area contributed by atoms with Gasteiger partial charge in [-0.2, -0.15) is 0 Å². The Bertz CT molecular complexity index is 210. The lowest BCUT2D eigenvalue weighted by molar-refractivity contribution is -0.119. The highest BCUT2D eigenvalue weighted by molar-refractivity contribution is 9.26. The number of hydrogen-bond donors (Lipinski definition) is 2. The van der Waals surface area contributed by atoms with Crippen LogP contribution in [0.3, 0.4) is 0 Å². The Morgan fingerprint density at radius 1 is 1.42 bits per heavy atom. The van der Waals surface area contributed by atoms with Gasteiger partial charge in [0.25, 0.3) is 5.91 Å². The first kappa shape index (κ1) is 10.5. The van der Waals surface area contributed by atoms with Gasteiger partial charge in [0, 0.05) is 0 Å². The molecule has 0 aromatic rings. The van der Waals surface area contributed by atoms with Gasteiger partial charge in [-0.25, -0.2) is 5.43 Å². The molecule has 1 atom stereocenters. The summed E-state index contributed by atoms with van der Waals surface area (Å²) in [6.45, 7) is 6.21. The van der Waals surface area contributed by atoms with Crippen LogP contribution in [0.1, 0.15) is 20.8 Å². The van der Waals surface area contributed by atoms with E-state index in [9.17, 15) is 4.79 Å². The molecule has 1 rings (SSSR count). The second-order valence-corrected chi connectivity index (χ2v) is 7.59. The van der Waals surface area contributed by atoms with Crippen molar-refractivity contribution in [2.75, 3.05) is 0 Å². The van der Waals surface area contributed by atoms with Crippen molar-refractivity contribution in [1.82, 2.24) is 10.9 Å². The first-order chi connectivity index (χ1) is 5.26. The van der Waals surface area contributed by atoms with E-state index in [1.165, 1.54) is 0 Å². The molecule has 2 N–H and O–H groups in total. The summed E-state index contributed by atoms with van der Waals surface area (Å²) in [5.41, 5.74) is 5.53. The normalized spacial score (nSPS) is 28.8. The summed E-state index contributed by atoms with van der Waals surface area (Å²) in [7, 11) is 0. The summed E-state index contributed by atoms with van der Waals surface area (Å²) in [5, 5.41) is 0. The molecule has 0 radical (unpaired) electrons. The average molecular weight is 300 g/mol. The predicted molar refractivity (Wildman–Crippen MR) is 55.1 cm³/mol. The first-order valence-corrected chi connectivity index (χ1v) is 5.28. The maximum Gasteiger partial charge on any atom is 0.263 e. The van der Waals surface area contributed by atoms with E-state index in [1.807, 2.05) is 0 Å². The zero-order valence-corrected chi connectivity index (χ0v) is 10.4. The lowest BCUT2D eigenvalue weighted by atomic mass is 9.86. The molecule has 5 heteroatoms. The summed E-state index contributed by atoms with van der Waals surface area (Å²) in [6.07, 6.45) is 0. The Labute approximate surface area is 88.9 Å². The standard InChI is InChI=1S/C7H12Br2N2O/c1-6(2,3)4-7(8,9)5(12)11-10-4/h4,10H,1-3H3,(H,11,12). The molecule has 1 unspecified atom stereocenters. The SMILES string of the molecule is CC(C)(C)C1NNC(=O)C1(Br)Br. The Morgan fingerprint density at radius 2 is 1.92 bits per heavy atom. The fraction of sp³-hybridized carbons (Fsp3) is 0.857. The minimum absolute atomic E-state index is 0.00611. The molecule has 1 aliphatic heterocycles. The smallest absolute Gasteiger partial charge is 0.263 e. The van der Waals surface area contributed by atoms with Gasteiger partial charge in [-0.05, 0) is 5.41 Å². The van der Waals surface area contributed by atoms with Gasteiger partial charge >= 0.3 is 0 Å². The topological polar surface area (TPSA) is 41.1 Å². The highest BCUT2D eigenvalue weighted by Crippen LogP contribution is 2.41. The number of halogens is 2. The molecule has 0 spiro atoms. The summed E-state index contributed by atoms with van der Waals surface area (Å²) in [4.78, 5) is 11.3. The van der Waals surface area contributed by atoms with Gasteiger partial charge in [0.1, 0.15) is 0 Å². The van der Waals surface area contributed by atoms with Gasteiger partial charge in [0.15, 0.2) is 3.23 Å². The summed E-state index contributed by atoms with van der Waals surface area (Å²) < 4.78 is -0.682. The quantitative estimate of drug-likeness (QED) is 0.666. The largest absolute Gasteiger partial charge is 0.289 e. The maximum atomic E-state index is 11.3. The van der Waals surface area contributed by atoms with Gasteiger partial charge in [-0.1, -0.05) is 52.6 Å². The fourth-order valence-corrected chi connectivity index (χ4v) is 3.00. The average Bonchev–Trinajstić information content (AvgIpc) is 2.06. The minimum atomic E-state index is -0.682. The van der Waals surface area contributed by atoms with Gasteiger partial charge in [-0.15, -0.1) is 0 Å². The summed E-state index contributed by atoms with van der Waals surface area (Å²) >= 11 is 6.70. The molecule has 1 heterocycles. The van der Waals surface area contributed by atoms with Crippen LogP contribution in [0.4, 0.5) is 0 Å². The number of hydrazine groups is 1. The van der Waals surface area contributed by atoms with E-state index in [0.717, 1.165) is 0 Å². The maximum absolute atomic E-state index is 11.3. The third-order valence-electron chi connectivity index (χ3n) is 1.86. The van der Waals surface area contributed by atoms with Crippen molar-refractivity contribution < 1.29 is 4.79 Å². The zero-order valence-electron chi connectivity index (χ0n) is 7.24. The van der Waals surface area contributed by atoms with Crippen molar-refractivity contribution in [3.63, 3.8) is 0 Å². The number of carbonyl (C=O) groups excluding carboxylic acids is 1. The van der Waals surface area contributed by atoms with Crippen molar-refractivity contribution in [2.24, 2.45) is 5.41 Å². The van der Waals surface area contributed by atoms with Gasteiger partial charge in [0.2, 0.25) is 0 Å². The summed E-state index contributed by atoms with van der Waals surface area (Å²) in [5.74, 6) is -0.0811. The predicted octanol–water partition coefficient (Wildman–Crippen LogP) is 1.52. The Hall–Kier alpha value is 0.390. The van der Waals surface area contributed by atoms with Crippen LogP contribution < -0.4 is 10.9 Å². The van der Waals surface area contributed by atoms with Crippen molar-refractivity contribution >= 4 is 37.8 Å². The lowest BCUT2D eigenvalue weighted by Gasteiger charge is -2.31. The number of rotatable bonds is 0. The number of alkyl halides is 2. The zero-order chi connectivity index (χ0) is 9.57. The molecule has 0 aromatic carbocycles. The van der Waals surface area contributed by atoms with Crippen molar-refractivity contribution in [3.05, 3.63) is 0 Å². The van der Waals surface area contributed by atoms with Gasteiger partial charge in [-0.3, -0.25) is 10.2 Å². The number of amides is 1. The minimum Gasteiger partial charge on any atom is -0.289 e. The van der Waals surface area contributed by atoms with Crippen molar-refractivity contribution in [3.8, 4) is 0 Å². The molecule has 0 aromatic heterocycles. The van der Waals surface area contributed by atoms with E-state index in [1.54, 1.807) is 0 Å². The molecular formula is C7H12Br2N2O. The van der Waals surface area contributed by atoms with E-state index >= 15 is 0 Å². The molecule has 1 aliphatic rings. The van der Waals surface area contributed by atoms with Crippen LogP contribution >= 0.6 is 31.9 Å². The van der Waals surface area contributed by atoms with Crippen LogP contribution in [0.25, 0.3) is 0 Å². The third kappa shape index (κ3) is 1.67. The van der Waals surface area contributed by atoms with Crippen molar-refractivity contribution in [2.45, 2.75) is 30.0 Å². The van der Waals surface area contributed by atoms with Crippen LogP contribution in [0.15, 0.2) is 0 Å². The molecular weight excluding hydrogens is 288 g/mol. The van der Waals surface area contributed by atoms with Crippen LogP contribution in [0.2, 0.25) is 0 Å². The molecule has 0 aliphatic carbocycles. The van der Waals surface area contributed by atoms with Crippen LogP contribution in [-0.2, 0) is 4.79 Å². The van der Waals surface area contributed by atoms with E-state index in [2.05, 4.69) is 63.5 Å². The number of carbonyl (C=O) groups is 1.